The minimum atomic E-state index is 0.556. The van der Waals surface area contributed by atoms with Crippen LogP contribution < -0.4 is 0 Å². The molecule has 0 radical (unpaired) electrons. The van der Waals surface area contributed by atoms with E-state index in [1.807, 2.05) is 31.6 Å². The Morgan fingerprint density at radius 2 is 2.20 bits per heavy atom. The third-order valence-electron chi connectivity index (χ3n) is 5.75. The predicted octanol–water partition coefficient (Wildman–Crippen LogP) is 3.07. The molecule has 0 spiro atoms. The highest BCUT2D eigenvalue weighted by molar-refractivity contribution is 5.82. The van der Waals surface area contributed by atoms with Crippen LogP contribution in [0.2, 0.25) is 0 Å². The molecule has 5 heteroatoms. The molecular weight excluding hydrogens is 310 g/mol. The minimum Gasteiger partial charge on any atom is -0.341 e. The summed E-state index contributed by atoms with van der Waals surface area (Å²) in [4.78, 5) is 16.2. The summed E-state index contributed by atoms with van der Waals surface area (Å²) in [5.41, 5.74) is 6.64. The molecule has 5 rings (SSSR count). The molecule has 0 saturated carbocycles. The van der Waals surface area contributed by atoms with Crippen molar-refractivity contribution < 1.29 is 0 Å². The van der Waals surface area contributed by atoms with Gasteiger partial charge in [-0.2, -0.15) is 0 Å². The van der Waals surface area contributed by atoms with Crippen LogP contribution in [-0.2, 0) is 19.4 Å². The molecule has 0 aromatic carbocycles. The van der Waals surface area contributed by atoms with E-state index in [-0.39, 0.29) is 0 Å². The van der Waals surface area contributed by atoms with Gasteiger partial charge in [-0.25, -0.2) is 9.97 Å². The van der Waals surface area contributed by atoms with Crippen molar-refractivity contribution in [2.45, 2.75) is 45.2 Å². The molecule has 0 bridgehead atoms. The SMILES string of the molecule is Cc1ncc2c(n1)c1c(n2CCc2cccnc2)CCN2CCCC12. The summed E-state index contributed by atoms with van der Waals surface area (Å²) in [5.74, 6) is 0.870. The number of hydrogen-bond donors (Lipinski definition) is 0. The van der Waals surface area contributed by atoms with Gasteiger partial charge < -0.3 is 4.57 Å². The summed E-state index contributed by atoms with van der Waals surface area (Å²) in [5, 5.41) is 0. The summed E-state index contributed by atoms with van der Waals surface area (Å²) in [6, 6.07) is 4.73. The second-order valence-electron chi connectivity index (χ2n) is 7.22. The molecule has 1 atom stereocenters. The van der Waals surface area contributed by atoms with Crippen molar-refractivity contribution in [3.63, 3.8) is 0 Å². The number of aromatic nitrogens is 4. The van der Waals surface area contributed by atoms with Crippen molar-refractivity contribution in [3.05, 3.63) is 53.4 Å². The van der Waals surface area contributed by atoms with Crippen molar-refractivity contribution in [2.75, 3.05) is 13.1 Å². The molecule has 2 aliphatic rings. The summed E-state index contributed by atoms with van der Waals surface area (Å²) in [6.45, 7) is 5.37. The quantitative estimate of drug-likeness (QED) is 0.739. The minimum absolute atomic E-state index is 0.556. The van der Waals surface area contributed by atoms with Gasteiger partial charge in [-0.15, -0.1) is 0 Å². The van der Waals surface area contributed by atoms with E-state index in [4.69, 9.17) is 4.98 Å². The van der Waals surface area contributed by atoms with Crippen molar-refractivity contribution >= 4 is 11.0 Å². The molecule has 5 heterocycles. The van der Waals surface area contributed by atoms with Gasteiger partial charge in [-0.3, -0.25) is 9.88 Å². The van der Waals surface area contributed by atoms with Crippen LogP contribution in [0.15, 0.2) is 30.7 Å². The Bertz CT molecular complexity index is 915. The lowest BCUT2D eigenvalue weighted by molar-refractivity contribution is 0.241. The lowest BCUT2D eigenvalue weighted by atomic mass is 9.98. The van der Waals surface area contributed by atoms with Crippen molar-refractivity contribution in [1.82, 2.24) is 24.4 Å². The van der Waals surface area contributed by atoms with Gasteiger partial charge in [0.1, 0.15) is 5.82 Å². The number of fused-ring (bicyclic) bond motifs is 5. The van der Waals surface area contributed by atoms with E-state index in [1.165, 1.54) is 53.8 Å². The Hall–Kier alpha value is -2.27. The molecule has 2 aliphatic heterocycles. The zero-order chi connectivity index (χ0) is 16.8. The number of nitrogens with zero attached hydrogens (tertiary/aromatic N) is 5. The van der Waals surface area contributed by atoms with Crippen LogP contribution in [0.25, 0.3) is 11.0 Å². The Morgan fingerprint density at radius 3 is 3.08 bits per heavy atom. The molecular formula is C20H23N5. The van der Waals surface area contributed by atoms with Crippen LogP contribution in [0.3, 0.4) is 0 Å². The average Bonchev–Trinajstić information content (AvgIpc) is 3.22. The van der Waals surface area contributed by atoms with Crippen LogP contribution in [0.4, 0.5) is 0 Å². The van der Waals surface area contributed by atoms with Gasteiger partial charge in [0.05, 0.1) is 17.2 Å². The van der Waals surface area contributed by atoms with E-state index in [0.29, 0.717) is 6.04 Å². The fraction of sp³-hybridized carbons (Fsp3) is 0.450. The molecule has 25 heavy (non-hydrogen) atoms. The molecule has 3 aromatic heterocycles. The smallest absolute Gasteiger partial charge is 0.126 e. The number of hydrogen-bond acceptors (Lipinski definition) is 4. The number of pyridine rings is 1. The van der Waals surface area contributed by atoms with Gasteiger partial charge in [0.25, 0.3) is 0 Å². The zero-order valence-electron chi connectivity index (χ0n) is 14.6. The van der Waals surface area contributed by atoms with Gasteiger partial charge in [-0.1, -0.05) is 6.07 Å². The first-order valence-electron chi connectivity index (χ1n) is 9.29. The Morgan fingerprint density at radius 1 is 1.24 bits per heavy atom. The third-order valence-corrected chi connectivity index (χ3v) is 5.75. The lowest BCUT2D eigenvalue weighted by Crippen LogP contribution is -2.31. The average molecular weight is 333 g/mol. The fourth-order valence-electron chi connectivity index (χ4n) is 4.62. The highest BCUT2D eigenvalue weighted by Gasteiger charge is 2.35. The Labute approximate surface area is 147 Å². The van der Waals surface area contributed by atoms with Crippen molar-refractivity contribution in [3.8, 4) is 0 Å². The van der Waals surface area contributed by atoms with Crippen LogP contribution in [0.5, 0.6) is 0 Å². The highest BCUT2D eigenvalue weighted by atomic mass is 15.2. The van der Waals surface area contributed by atoms with Crippen LogP contribution >= 0.6 is 0 Å². The summed E-state index contributed by atoms with van der Waals surface area (Å²) >= 11 is 0. The molecule has 1 saturated heterocycles. The topological polar surface area (TPSA) is 46.8 Å². The number of aryl methyl sites for hydroxylation is 3. The monoisotopic (exact) mass is 333 g/mol. The van der Waals surface area contributed by atoms with E-state index in [1.54, 1.807) is 0 Å². The first kappa shape index (κ1) is 15.0. The zero-order valence-corrected chi connectivity index (χ0v) is 14.6. The molecule has 1 fully saturated rings. The maximum Gasteiger partial charge on any atom is 0.126 e. The van der Waals surface area contributed by atoms with Crippen LogP contribution in [-0.4, -0.2) is 37.5 Å². The summed E-state index contributed by atoms with van der Waals surface area (Å²) in [6.07, 6.45) is 10.5. The van der Waals surface area contributed by atoms with Gasteiger partial charge in [0.15, 0.2) is 0 Å². The van der Waals surface area contributed by atoms with Crippen molar-refractivity contribution in [1.29, 1.82) is 0 Å². The standard InChI is InChI=1S/C20H23N5/c1-14-22-13-18-20(23-14)19-16-5-3-9-24(16)10-7-17(19)25(18)11-6-15-4-2-8-21-12-15/h2,4,8,12-13,16H,3,5-7,9-11H2,1H3. The first-order valence-corrected chi connectivity index (χ1v) is 9.29. The van der Waals surface area contributed by atoms with Gasteiger partial charge >= 0.3 is 0 Å². The Kier molecular flexibility index (Phi) is 3.55. The first-order chi connectivity index (χ1) is 12.3. The number of rotatable bonds is 3. The molecule has 0 aliphatic carbocycles. The van der Waals surface area contributed by atoms with E-state index in [0.717, 1.165) is 25.2 Å². The van der Waals surface area contributed by atoms with Gasteiger partial charge in [0, 0.05) is 49.2 Å². The lowest BCUT2D eigenvalue weighted by Gasteiger charge is -2.30. The molecule has 0 N–H and O–H groups in total. The van der Waals surface area contributed by atoms with E-state index in [2.05, 4.69) is 25.5 Å². The fourth-order valence-corrected chi connectivity index (χ4v) is 4.62. The molecule has 5 nitrogen and oxygen atoms in total. The second-order valence-corrected chi connectivity index (χ2v) is 7.22. The predicted molar refractivity (Wildman–Crippen MR) is 97.5 cm³/mol. The molecule has 3 aromatic rings. The highest BCUT2D eigenvalue weighted by Crippen LogP contribution is 2.42. The maximum atomic E-state index is 4.85. The van der Waals surface area contributed by atoms with Gasteiger partial charge in [0.2, 0.25) is 0 Å². The Balaban J connectivity index is 1.61. The van der Waals surface area contributed by atoms with Crippen LogP contribution in [0.1, 0.15) is 41.5 Å². The second kappa shape index (κ2) is 5.92. The van der Waals surface area contributed by atoms with E-state index in [9.17, 15) is 0 Å². The van der Waals surface area contributed by atoms with Gasteiger partial charge in [-0.05, 0) is 44.4 Å². The summed E-state index contributed by atoms with van der Waals surface area (Å²) < 4.78 is 2.48. The molecule has 128 valence electrons. The third kappa shape index (κ3) is 2.45. The van der Waals surface area contributed by atoms with Crippen molar-refractivity contribution in [2.24, 2.45) is 0 Å². The van der Waals surface area contributed by atoms with Crippen LogP contribution in [0, 0.1) is 6.92 Å². The van der Waals surface area contributed by atoms with E-state index >= 15 is 0 Å². The molecule has 1 unspecified atom stereocenters. The normalized spacial score (nSPS) is 20.0. The molecule has 0 amide bonds. The summed E-state index contributed by atoms with van der Waals surface area (Å²) in [7, 11) is 0. The van der Waals surface area contributed by atoms with E-state index < -0.39 is 0 Å². The largest absolute Gasteiger partial charge is 0.341 e. The maximum absolute atomic E-state index is 4.85.